The fourth-order valence-corrected chi connectivity index (χ4v) is 6.74. The molecule has 1 N–H and O–H groups in total. The Bertz CT molecular complexity index is 2400. The highest BCUT2D eigenvalue weighted by Crippen LogP contribution is 2.48. The minimum atomic E-state index is -0.273. The molecule has 0 bridgehead atoms. The summed E-state index contributed by atoms with van der Waals surface area (Å²) < 4.78 is 32.7. The van der Waals surface area contributed by atoms with Gasteiger partial charge in [0.05, 0.1) is 27.6 Å². The molecule has 0 aliphatic rings. The molecule has 0 spiro atoms. The van der Waals surface area contributed by atoms with E-state index in [-0.39, 0.29) is 11.6 Å². The van der Waals surface area contributed by atoms with Crippen LogP contribution >= 0.6 is 0 Å². The molecule has 0 amide bonds. The monoisotopic (exact) mass is 533 g/mol. The van der Waals surface area contributed by atoms with E-state index in [1.54, 1.807) is 0 Å². The zero-order valence-electron chi connectivity index (χ0n) is 21.7. The first kappa shape index (κ1) is 22.4. The SMILES string of the molecule is Fc1ccc(-n2c3ccccc3c3c4[nH]c5ccccc5c4c4c(c5ccccc5n4-c4ccc(F)cc4)c32)cc1. The van der Waals surface area contributed by atoms with E-state index < -0.39 is 0 Å². The molecule has 0 unspecified atom stereocenters. The van der Waals surface area contributed by atoms with Crippen LogP contribution in [0.3, 0.4) is 0 Å². The molecule has 3 aromatic heterocycles. The number of para-hydroxylation sites is 3. The van der Waals surface area contributed by atoms with Gasteiger partial charge in [-0.05, 0) is 66.7 Å². The van der Waals surface area contributed by atoms with E-state index in [2.05, 4.69) is 68.7 Å². The number of aromatic amines is 1. The van der Waals surface area contributed by atoms with Crippen LogP contribution in [0.15, 0.2) is 121 Å². The molecule has 5 heteroatoms. The summed E-state index contributed by atoms with van der Waals surface area (Å²) in [6, 6.07) is 38.5. The summed E-state index contributed by atoms with van der Waals surface area (Å²) in [7, 11) is 0. The van der Waals surface area contributed by atoms with Gasteiger partial charge in [-0.1, -0.05) is 54.6 Å². The van der Waals surface area contributed by atoms with Gasteiger partial charge in [0.1, 0.15) is 11.6 Å². The number of benzene rings is 6. The molecule has 9 rings (SSSR count). The van der Waals surface area contributed by atoms with E-state index in [0.29, 0.717) is 0 Å². The van der Waals surface area contributed by atoms with Crippen LogP contribution in [0.2, 0.25) is 0 Å². The van der Waals surface area contributed by atoms with E-state index in [4.69, 9.17) is 0 Å². The van der Waals surface area contributed by atoms with Gasteiger partial charge in [0.15, 0.2) is 0 Å². The van der Waals surface area contributed by atoms with Crippen molar-refractivity contribution in [1.29, 1.82) is 0 Å². The first-order valence-electron chi connectivity index (χ1n) is 13.6. The summed E-state index contributed by atoms with van der Waals surface area (Å²) in [5, 5.41) is 6.66. The maximum atomic E-state index is 14.1. The number of H-pyrrole nitrogens is 1. The second kappa shape index (κ2) is 8.05. The number of nitrogens with one attached hydrogen (secondary N) is 1. The highest BCUT2D eigenvalue weighted by molar-refractivity contribution is 6.39. The Labute approximate surface area is 232 Å². The van der Waals surface area contributed by atoms with Gasteiger partial charge < -0.3 is 14.1 Å². The molecule has 194 valence electrons. The number of hydrogen-bond acceptors (Lipinski definition) is 0. The summed E-state index contributed by atoms with van der Waals surface area (Å²) in [5.41, 5.74) is 8.01. The van der Waals surface area contributed by atoms with Crippen molar-refractivity contribution in [2.75, 3.05) is 0 Å². The third-order valence-corrected chi connectivity index (χ3v) is 8.35. The first-order chi connectivity index (χ1) is 20.2. The van der Waals surface area contributed by atoms with Crippen LogP contribution < -0.4 is 0 Å². The highest BCUT2D eigenvalue weighted by Gasteiger charge is 2.26. The number of halogens is 2. The van der Waals surface area contributed by atoms with Crippen LogP contribution in [0.5, 0.6) is 0 Å². The van der Waals surface area contributed by atoms with E-state index in [1.165, 1.54) is 24.3 Å². The molecule has 6 aromatic carbocycles. The van der Waals surface area contributed by atoms with Gasteiger partial charge in [0.2, 0.25) is 0 Å². The summed E-state index contributed by atoms with van der Waals surface area (Å²) in [6.07, 6.45) is 0. The number of aromatic nitrogens is 3. The largest absolute Gasteiger partial charge is 0.354 e. The molecule has 0 aliphatic heterocycles. The van der Waals surface area contributed by atoms with Gasteiger partial charge in [-0.3, -0.25) is 0 Å². The number of hydrogen-bond donors (Lipinski definition) is 1. The summed E-state index contributed by atoms with van der Waals surface area (Å²) in [6.45, 7) is 0. The van der Waals surface area contributed by atoms with Crippen LogP contribution in [0, 0.1) is 11.6 Å². The minimum Gasteiger partial charge on any atom is -0.354 e. The molecular formula is C36H21F2N3. The lowest BCUT2D eigenvalue weighted by molar-refractivity contribution is 0.627. The van der Waals surface area contributed by atoms with Crippen LogP contribution in [0.4, 0.5) is 8.78 Å². The van der Waals surface area contributed by atoms with E-state index in [9.17, 15) is 8.78 Å². The zero-order chi connectivity index (χ0) is 27.2. The van der Waals surface area contributed by atoms with Gasteiger partial charge in [0.25, 0.3) is 0 Å². The molecule has 3 nitrogen and oxygen atoms in total. The molecule has 0 aliphatic carbocycles. The molecule has 0 atom stereocenters. The maximum absolute atomic E-state index is 14.1. The molecule has 0 radical (unpaired) electrons. The molecule has 0 fully saturated rings. The Morgan fingerprint density at radius 3 is 1.44 bits per heavy atom. The van der Waals surface area contributed by atoms with Gasteiger partial charge in [0, 0.05) is 49.2 Å². The second-order valence-corrected chi connectivity index (χ2v) is 10.5. The van der Waals surface area contributed by atoms with Crippen molar-refractivity contribution in [1.82, 2.24) is 14.1 Å². The van der Waals surface area contributed by atoms with Crippen LogP contribution in [-0.4, -0.2) is 14.1 Å². The number of fused-ring (bicyclic) bond motifs is 12. The lowest BCUT2D eigenvalue weighted by atomic mass is 10.0. The van der Waals surface area contributed by atoms with Crippen molar-refractivity contribution in [3.05, 3.63) is 133 Å². The minimum absolute atomic E-state index is 0.273. The lowest BCUT2D eigenvalue weighted by Crippen LogP contribution is -1.96. The van der Waals surface area contributed by atoms with Gasteiger partial charge in [-0.2, -0.15) is 0 Å². The second-order valence-electron chi connectivity index (χ2n) is 10.5. The van der Waals surface area contributed by atoms with Crippen LogP contribution in [0.1, 0.15) is 0 Å². The van der Waals surface area contributed by atoms with Crippen LogP contribution in [-0.2, 0) is 0 Å². The first-order valence-corrected chi connectivity index (χ1v) is 13.6. The fourth-order valence-electron chi connectivity index (χ4n) is 6.74. The average Bonchev–Trinajstić information content (AvgIpc) is 3.66. The maximum Gasteiger partial charge on any atom is 0.123 e. The Kier molecular flexibility index (Phi) is 4.40. The van der Waals surface area contributed by atoms with Crippen molar-refractivity contribution < 1.29 is 8.78 Å². The number of rotatable bonds is 2. The van der Waals surface area contributed by atoms with Crippen LogP contribution in [0.25, 0.3) is 76.8 Å². The standard InChI is InChI=1S/C36H21F2N3/c37-21-13-17-23(18-14-21)40-29-11-5-2-8-26(29)32-34-31(25-7-1-4-10-28(25)39-34)35-33(36(32)40)27-9-3-6-12-30(27)41(35)24-19-15-22(38)16-20-24/h1-20,39H. The summed E-state index contributed by atoms with van der Waals surface area (Å²) in [4.78, 5) is 3.76. The van der Waals surface area contributed by atoms with Crippen molar-refractivity contribution >= 4 is 65.4 Å². The lowest BCUT2D eigenvalue weighted by Gasteiger charge is -2.12. The Morgan fingerprint density at radius 1 is 0.439 bits per heavy atom. The summed E-state index contributed by atoms with van der Waals surface area (Å²) in [5.74, 6) is -0.545. The van der Waals surface area contributed by atoms with E-state index in [0.717, 1.165) is 76.8 Å². The number of nitrogens with zero attached hydrogens (tertiary/aromatic N) is 2. The molecule has 0 saturated heterocycles. The van der Waals surface area contributed by atoms with Gasteiger partial charge in [-0.25, -0.2) is 8.78 Å². The Balaban J connectivity index is 1.66. The molecular weight excluding hydrogens is 512 g/mol. The van der Waals surface area contributed by atoms with Crippen molar-refractivity contribution in [2.45, 2.75) is 0 Å². The molecule has 41 heavy (non-hydrogen) atoms. The average molecular weight is 534 g/mol. The van der Waals surface area contributed by atoms with E-state index in [1.807, 2.05) is 42.5 Å². The predicted molar refractivity (Wildman–Crippen MR) is 164 cm³/mol. The van der Waals surface area contributed by atoms with Gasteiger partial charge >= 0.3 is 0 Å². The van der Waals surface area contributed by atoms with E-state index >= 15 is 0 Å². The predicted octanol–water partition coefficient (Wildman–Crippen LogP) is 9.79. The highest BCUT2D eigenvalue weighted by atomic mass is 19.1. The quantitative estimate of drug-likeness (QED) is 0.229. The van der Waals surface area contributed by atoms with Gasteiger partial charge in [-0.15, -0.1) is 0 Å². The smallest absolute Gasteiger partial charge is 0.123 e. The van der Waals surface area contributed by atoms with Crippen molar-refractivity contribution in [3.8, 4) is 11.4 Å². The third-order valence-electron chi connectivity index (χ3n) is 8.35. The topological polar surface area (TPSA) is 25.6 Å². The molecule has 9 aromatic rings. The molecule has 3 heterocycles. The van der Waals surface area contributed by atoms with Crippen molar-refractivity contribution in [2.24, 2.45) is 0 Å². The molecule has 0 saturated carbocycles. The Hall–Kier alpha value is -5.42. The normalized spacial score (nSPS) is 12.1. The Morgan fingerprint density at radius 2 is 0.878 bits per heavy atom. The fraction of sp³-hybridized carbons (Fsp3) is 0. The van der Waals surface area contributed by atoms with Crippen molar-refractivity contribution in [3.63, 3.8) is 0 Å². The third kappa shape index (κ3) is 2.95. The zero-order valence-corrected chi connectivity index (χ0v) is 21.7. The summed E-state index contributed by atoms with van der Waals surface area (Å²) >= 11 is 0.